The van der Waals surface area contributed by atoms with Gasteiger partial charge in [-0.1, -0.05) is 35.9 Å². The molecule has 0 bridgehead atoms. The number of ether oxygens (including phenoxy) is 2. The fourth-order valence-corrected chi connectivity index (χ4v) is 3.14. The third-order valence-corrected chi connectivity index (χ3v) is 4.65. The molecule has 0 saturated carbocycles. The van der Waals surface area contributed by atoms with Crippen molar-refractivity contribution in [2.45, 2.75) is 6.92 Å². The molecule has 0 heterocycles. The van der Waals surface area contributed by atoms with Crippen LogP contribution in [0.1, 0.15) is 16.7 Å². The molecule has 0 spiro atoms. The maximum absolute atomic E-state index is 9.71. The van der Waals surface area contributed by atoms with Gasteiger partial charge in [-0.2, -0.15) is 10.5 Å². The third kappa shape index (κ3) is 3.22. The quantitative estimate of drug-likeness (QED) is 0.675. The number of nitrogens with zero attached hydrogens (tertiary/aromatic N) is 2. The fraction of sp³-hybridized carbons (Fsp3) is 0.130. The SMILES string of the molecule is COc1ccc(-c2cc(-c3ccc(C)cc3)c(C#N)c(N)c2C#N)cc1OC. The number of benzene rings is 3. The molecule has 3 aromatic carbocycles. The predicted octanol–water partition coefficient (Wildman–Crippen LogP) is 4.67. The Morgan fingerprint density at radius 1 is 0.750 bits per heavy atom. The normalized spacial score (nSPS) is 10.0. The lowest BCUT2D eigenvalue weighted by molar-refractivity contribution is 0.355. The van der Waals surface area contributed by atoms with Crippen molar-refractivity contribution in [3.05, 3.63) is 65.2 Å². The van der Waals surface area contributed by atoms with Crippen LogP contribution in [0, 0.1) is 29.6 Å². The third-order valence-electron chi connectivity index (χ3n) is 4.65. The smallest absolute Gasteiger partial charge is 0.161 e. The van der Waals surface area contributed by atoms with E-state index in [2.05, 4.69) is 12.1 Å². The van der Waals surface area contributed by atoms with Gasteiger partial charge >= 0.3 is 0 Å². The van der Waals surface area contributed by atoms with Gasteiger partial charge in [0, 0.05) is 11.1 Å². The summed E-state index contributed by atoms with van der Waals surface area (Å²) in [5, 5.41) is 19.4. The van der Waals surface area contributed by atoms with Crippen LogP contribution in [0.5, 0.6) is 11.5 Å². The van der Waals surface area contributed by atoms with Crippen LogP contribution >= 0.6 is 0 Å². The lowest BCUT2D eigenvalue weighted by atomic mass is 9.89. The first kappa shape index (κ1) is 18.8. The highest BCUT2D eigenvalue weighted by atomic mass is 16.5. The molecular weight excluding hydrogens is 350 g/mol. The highest BCUT2D eigenvalue weighted by Crippen LogP contribution is 2.39. The van der Waals surface area contributed by atoms with Gasteiger partial charge in [-0.15, -0.1) is 0 Å². The molecule has 0 aromatic heterocycles. The van der Waals surface area contributed by atoms with Crippen molar-refractivity contribution in [3.63, 3.8) is 0 Å². The molecule has 2 N–H and O–H groups in total. The minimum Gasteiger partial charge on any atom is -0.493 e. The van der Waals surface area contributed by atoms with Gasteiger partial charge in [0.1, 0.15) is 12.1 Å². The zero-order valence-corrected chi connectivity index (χ0v) is 15.9. The summed E-state index contributed by atoms with van der Waals surface area (Å²) in [5.41, 5.74) is 11.0. The van der Waals surface area contributed by atoms with Crippen molar-refractivity contribution in [3.8, 4) is 45.9 Å². The molecule has 0 saturated heterocycles. The van der Waals surface area contributed by atoms with E-state index in [4.69, 9.17) is 15.2 Å². The Labute approximate surface area is 164 Å². The average molecular weight is 369 g/mol. The largest absolute Gasteiger partial charge is 0.493 e. The Bertz CT molecular complexity index is 1120. The number of hydrogen-bond acceptors (Lipinski definition) is 5. The molecule has 0 aliphatic rings. The van der Waals surface area contributed by atoms with Crippen LogP contribution in [0.25, 0.3) is 22.3 Å². The number of anilines is 1. The van der Waals surface area contributed by atoms with E-state index in [9.17, 15) is 10.5 Å². The summed E-state index contributed by atoms with van der Waals surface area (Å²) < 4.78 is 10.7. The molecule has 0 amide bonds. The number of rotatable bonds is 4. The average Bonchev–Trinajstić information content (AvgIpc) is 2.73. The summed E-state index contributed by atoms with van der Waals surface area (Å²) in [6.07, 6.45) is 0. The van der Waals surface area contributed by atoms with E-state index in [1.807, 2.05) is 43.3 Å². The molecule has 3 rings (SSSR count). The van der Waals surface area contributed by atoms with Gasteiger partial charge in [0.25, 0.3) is 0 Å². The molecule has 5 nitrogen and oxygen atoms in total. The van der Waals surface area contributed by atoms with Crippen LogP contribution < -0.4 is 15.2 Å². The van der Waals surface area contributed by atoms with E-state index >= 15 is 0 Å². The molecule has 0 aliphatic carbocycles. The Morgan fingerprint density at radius 3 is 1.82 bits per heavy atom. The van der Waals surface area contributed by atoms with Crippen molar-refractivity contribution in [2.75, 3.05) is 20.0 Å². The van der Waals surface area contributed by atoms with Crippen LogP contribution in [-0.2, 0) is 0 Å². The summed E-state index contributed by atoms with van der Waals surface area (Å²) in [7, 11) is 3.12. The van der Waals surface area contributed by atoms with E-state index in [0.717, 1.165) is 16.7 Å². The molecule has 0 unspecified atom stereocenters. The molecule has 0 aliphatic heterocycles. The maximum atomic E-state index is 9.71. The van der Waals surface area contributed by atoms with Crippen LogP contribution in [-0.4, -0.2) is 14.2 Å². The number of hydrogen-bond donors (Lipinski definition) is 1. The Kier molecular flexibility index (Phi) is 5.20. The van der Waals surface area contributed by atoms with Crippen molar-refractivity contribution < 1.29 is 9.47 Å². The molecule has 28 heavy (non-hydrogen) atoms. The zero-order valence-electron chi connectivity index (χ0n) is 15.9. The van der Waals surface area contributed by atoms with Crippen LogP contribution in [0.15, 0.2) is 48.5 Å². The zero-order chi connectivity index (χ0) is 20.3. The van der Waals surface area contributed by atoms with Crippen LogP contribution in [0.2, 0.25) is 0 Å². The molecule has 0 radical (unpaired) electrons. The first-order valence-corrected chi connectivity index (χ1v) is 8.60. The van der Waals surface area contributed by atoms with E-state index in [1.54, 1.807) is 26.4 Å². The highest BCUT2D eigenvalue weighted by Gasteiger charge is 2.19. The molecule has 0 atom stereocenters. The molecule has 0 fully saturated rings. The summed E-state index contributed by atoms with van der Waals surface area (Å²) in [6.45, 7) is 2.00. The molecular formula is C23H19N3O2. The van der Waals surface area contributed by atoms with Gasteiger partial charge in [-0.3, -0.25) is 0 Å². The molecule has 138 valence electrons. The first-order chi connectivity index (χ1) is 13.5. The van der Waals surface area contributed by atoms with E-state index in [0.29, 0.717) is 28.2 Å². The second-order valence-corrected chi connectivity index (χ2v) is 6.29. The lowest BCUT2D eigenvalue weighted by Gasteiger charge is -2.15. The summed E-state index contributed by atoms with van der Waals surface area (Å²) in [5.74, 6) is 1.13. The van der Waals surface area contributed by atoms with Crippen LogP contribution in [0.3, 0.4) is 0 Å². The first-order valence-electron chi connectivity index (χ1n) is 8.60. The second-order valence-electron chi connectivity index (χ2n) is 6.29. The van der Waals surface area contributed by atoms with Gasteiger partial charge in [0.2, 0.25) is 0 Å². The van der Waals surface area contributed by atoms with Gasteiger partial charge in [0.15, 0.2) is 11.5 Å². The van der Waals surface area contributed by atoms with Crippen molar-refractivity contribution in [2.24, 2.45) is 0 Å². The summed E-state index contributed by atoms with van der Waals surface area (Å²) in [6, 6.07) is 19.4. The number of nitrogen functional groups attached to an aromatic ring is 1. The van der Waals surface area contributed by atoms with Crippen molar-refractivity contribution >= 4 is 5.69 Å². The Morgan fingerprint density at radius 2 is 1.29 bits per heavy atom. The molecule has 5 heteroatoms. The topological polar surface area (TPSA) is 92.1 Å². The summed E-state index contributed by atoms with van der Waals surface area (Å²) >= 11 is 0. The van der Waals surface area contributed by atoms with E-state index in [1.165, 1.54) is 0 Å². The lowest BCUT2D eigenvalue weighted by Crippen LogP contribution is -2.01. The maximum Gasteiger partial charge on any atom is 0.161 e. The van der Waals surface area contributed by atoms with E-state index < -0.39 is 0 Å². The van der Waals surface area contributed by atoms with Crippen molar-refractivity contribution in [1.29, 1.82) is 10.5 Å². The number of aryl methyl sites for hydroxylation is 1. The van der Waals surface area contributed by atoms with Crippen molar-refractivity contribution in [1.82, 2.24) is 0 Å². The van der Waals surface area contributed by atoms with E-state index in [-0.39, 0.29) is 11.3 Å². The van der Waals surface area contributed by atoms with Gasteiger partial charge in [-0.05, 0) is 36.2 Å². The Hall–Kier alpha value is -3.96. The second kappa shape index (κ2) is 7.73. The number of nitrogens with two attached hydrogens (primary N) is 1. The molecule has 3 aromatic rings. The summed E-state index contributed by atoms with van der Waals surface area (Å²) in [4.78, 5) is 0. The predicted molar refractivity (Wildman–Crippen MR) is 109 cm³/mol. The standard InChI is InChI=1S/C23H19N3O2/c1-14-4-6-15(7-5-14)17-11-18(20(13-25)23(26)19(17)12-24)16-8-9-21(27-2)22(10-16)28-3/h4-11H,26H2,1-3H3. The van der Waals surface area contributed by atoms with Crippen LogP contribution in [0.4, 0.5) is 5.69 Å². The monoisotopic (exact) mass is 369 g/mol. The minimum absolute atomic E-state index is 0.174. The fourth-order valence-electron chi connectivity index (χ4n) is 3.14. The number of nitriles is 2. The van der Waals surface area contributed by atoms with Gasteiger partial charge in [-0.25, -0.2) is 0 Å². The van der Waals surface area contributed by atoms with Gasteiger partial charge in [0.05, 0.1) is 31.0 Å². The number of methoxy groups -OCH3 is 2. The van der Waals surface area contributed by atoms with Gasteiger partial charge < -0.3 is 15.2 Å². The minimum atomic E-state index is 0.174. The Balaban J connectivity index is 2.32. The highest BCUT2D eigenvalue weighted by molar-refractivity contribution is 5.89.